The normalized spacial score (nSPS) is 26.8. The van der Waals surface area contributed by atoms with Crippen molar-refractivity contribution in [2.45, 2.75) is 401 Å². The second kappa shape index (κ2) is 62.1. The van der Waals surface area contributed by atoms with Gasteiger partial charge in [0.05, 0.1) is 38.6 Å². The summed E-state index contributed by atoms with van der Waals surface area (Å²) < 4.78 is 34.5. The maximum Gasteiger partial charge on any atom is 0.220 e. The van der Waals surface area contributed by atoms with Crippen LogP contribution < -0.4 is 5.32 Å². The Morgan fingerprint density at radius 1 is 0.366 bits per heavy atom. The van der Waals surface area contributed by atoms with E-state index in [0.29, 0.717) is 25.7 Å². The lowest BCUT2D eigenvalue weighted by atomic mass is 9.96. The van der Waals surface area contributed by atoms with Crippen molar-refractivity contribution in [3.63, 3.8) is 0 Å². The number of aliphatic hydroxyl groups excluding tert-OH is 11. The predicted molar refractivity (Wildman–Crippen MR) is 401 cm³/mol. The lowest BCUT2D eigenvalue weighted by Crippen LogP contribution is -2.66. The molecule has 3 heterocycles. The van der Waals surface area contributed by atoms with Crippen molar-refractivity contribution in [2.75, 3.05) is 26.4 Å². The van der Waals surface area contributed by atoms with Crippen molar-refractivity contribution in [2.24, 2.45) is 0 Å². The lowest BCUT2D eigenvalue weighted by molar-refractivity contribution is -0.379. The lowest BCUT2D eigenvalue weighted by Gasteiger charge is -2.48. The quantitative estimate of drug-likeness (QED) is 0.0199. The average molecular weight is 1430 g/mol. The molecule has 19 nitrogen and oxygen atoms in total. The number of ether oxygens (including phenoxy) is 6. The molecule has 17 atom stereocenters. The Hall–Kier alpha value is -3.03. The van der Waals surface area contributed by atoms with E-state index in [1.165, 1.54) is 186 Å². The molecule has 3 saturated heterocycles. The Balaban J connectivity index is 1.38. The summed E-state index contributed by atoms with van der Waals surface area (Å²) in [5.41, 5.74) is 0. The van der Waals surface area contributed by atoms with E-state index in [-0.39, 0.29) is 18.9 Å². The first-order chi connectivity index (χ1) is 49.3. The van der Waals surface area contributed by atoms with Crippen LogP contribution in [0.4, 0.5) is 0 Å². The highest BCUT2D eigenvalue weighted by Gasteiger charge is 2.54. The molecule has 3 aliphatic heterocycles. The van der Waals surface area contributed by atoms with Crippen molar-refractivity contribution < 1.29 is 89.4 Å². The second-order valence-electron chi connectivity index (χ2n) is 28.5. The Kier molecular flexibility index (Phi) is 56.6. The third-order valence-corrected chi connectivity index (χ3v) is 19.7. The third kappa shape index (κ3) is 42.2. The molecule has 0 aromatic rings. The van der Waals surface area contributed by atoms with E-state index in [1.54, 1.807) is 0 Å². The van der Waals surface area contributed by atoms with Crippen LogP contribution in [-0.2, 0) is 33.2 Å². The molecule has 3 fully saturated rings. The zero-order valence-electron chi connectivity index (χ0n) is 62.6. The van der Waals surface area contributed by atoms with Gasteiger partial charge in [-0.05, 0) is 64.2 Å². The monoisotopic (exact) mass is 1430 g/mol. The molecule has 101 heavy (non-hydrogen) atoms. The number of rotatable bonds is 63. The highest BCUT2D eigenvalue weighted by atomic mass is 16.8. The maximum atomic E-state index is 13.5. The maximum absolute atomic E-state index is 13.5. The average Bonchev–Trinajstić information content (AvgIpc) is 0.782. The molecule has 0 aliphatic carbocycles. The summed E-state index contributed by atoms with van der Waals surface area (Å²) in [4.78, 5) is 13.5. The van der Waals surface area contributed by atoms with Crippen LogP contribution in [0.5, 0.6) is 0 Å². The van der Waals surface area contributed by atoms with Crippen LogP contribution in [0.25, 0.3) is 0 Å². The molecule has 3 rings (SSSR count). The minimum atomic E-state index is -1.98. The van der Waals surface area contributed by atoms with Crippen molar-refractivity contribution >= 4 is 5.91 Å². The Morgan fingerprint density at radius 3 is 1.03 bits per heavy atom. The summed E-state index contributed by atoms with van der Waals surface area (Å²) in [6.45, 7) is 1.67. The van der Waals surface area contributed by atoms with Gasteiger partial charge in [0, 0.05) is 6.42 Å². The number of hydrogen-bond acceptors (Lipinski definition) is 18. The van der Waals surface area contributed by atoms with Crippen LogP contribution in [0.2, 0.25) is 0 Å². The molecular formula is C82H145NO18. The first-order valence-corrected chi connectivity index (χ1v) is 40.3. The van der Waals surface area contributed by atoms with Crippen LogP contribution in [0.3, 0.4) is 0 Å². The minimum Gasteiger partial charge on any atom is -0.394 e. The van der Waals surface area contributed by atoms with E-state index in [0.717, 1.165) is 64.2 Å². The topological polar surface area (TPSA) is 307 Å². The van der Waals surface area contributed by atoms with Gasteiger partial charge >= 0.3 is 0 Å². The molecular weight excluding hydrogens is 1290 g/mol. The molecule has 0 radical (unpaired) electrons. The van der Waals surface area contributed by atoms with Gasteiger partial charge in [0.1, 0.15) is 73.2 Å². The number of hydrogen-bond donors (Lipinski definition) is 12. The van der Waals surface area contributed by atoms with Crippen LogP contribution in [0.15, 0.2) is 85.1 Å². The standard InChI is InChI=1S/C82H145NO18/c1-3-5-7-9-11-13-15-17-19-21-23-25-27-28-29-30-31-32-33-34-35-36-38-39-41-43-45-47-49-51-53-55-57-59-66(87)65(83-70(88)60-58-56-54-52-50-48-46-44-42-40-37-26-24-22-20-18-16-14-12-10-8-6-4-2)64-96-80-76(94)73(91)78(68(62-85)98-80)101-82-77(95)74(92)79(69(63-86)99-82)100-81-75(93)72(90)71(89)67(61-84)97-81/h6,8,12,14,18,20,24,26,40,42,46,48,52,54,65-69,71-82,84-87,89-95H,3-5,7,9-11,13,15-17,19,21-23,25,27-39,41,43-45,47,49-51,53,55-64H2,1-2H3,(H,83,88)/b8-6-,14-12-,20-18-,26-24-,42-40-,48-46-,54-52-. The van der Waals surface area contributed by atoms with E-state index in [4.69, 9.17) is 28.4 Å². The van der Waals surface area contributed by atoms with Gasteiger partial charge in [0.2, 0.25) is 5.91 Å². The highest BCUT2D eigenvalue weighted by Crippen LogP contribution is 2.33. The van der Waals surface area contributed by atoms with E-state index in [9.17, 15) is 61.0 Å². The molecule has 0 bridgehead atoms. The first kappa shape index (κ1) is 92.2. The van der Waals surface area contributed by atoms with Crippen LogP contribution in [0, 0.1) is 0 Å². The molecule has 0 spiro atoms. The Bertz CT molecular complexity index is 2150. The van der Waals surface area contributed by atoms with Crippen molar-refractivity contribution in [3.05, 3.63) is 85.1 Å². The predicted octanol–water partition coefficient (Wildman–Crippen LogP) is 13.4. The van der Waals surface area contributed by atoms with Gasteiger partial charge in [-0.2, -0.15) is 0 Å². The third-order valence-electron chi connectivity index (χ3n) is 19.7. The minimum absolute atomic E-state index is 0.182. The molecule has 17 unspecified atom stereocenters. The summed E-state index contributed by atoms with van der Waals surface area (Å²) in [5, 5.41) is 121. The summed E-state index contributed by atoms with van der Waals surface area (Å²) >= 11 is 0. The fourth-order valence-electron chi connectivity index (χ4n) is 13.3. The Morgan fingerprint density at radius 2 is 0.673 bits per heavy atom. The number of amides is 1. The summed E-state index contributed by atoms with van der Waals surface area (Å²) in [6.07, 6.45) is 55.5. The fourth-order valence-corrected chi connectivity index (χ4v) is 13.3. The Labute approximate surface area is 610 Å². The second-order valence-corrected chi connectivity index (χ2v) is 28.5. The van der Waals surface area contributed by atoms with E-state index in [1.807, 2.05) is 6.08 Å². The number of aliphatic hydroxyl groups is 11. The molecule has 0 aromatic carbocycles. The summed E-state index contributed by atoms with van der Waals surface area (Å²) in [5.74, 6) is -0.300. The van der Waals surface area contributed by atoms with E-state index >= 15 is 0 Å². The SMILES string of the molecule is CC/C=C\C/C=C\C/C=C\C/C=C\C/C=C\C/C=C\C/C=C\CCCC(=O)NC(COC1OC(CO)C(OC2OC(CO)C(OC3OC(CO)C(O)C(O)C3O)C(O)C2O)C(O)C1O)C(O)CCCCCCCCCCCCCCCCCCCCCCCCCCCCCCCCCCC. The van der Waals surface area contributed by atoms with E-state index in [2.05, 4.69) is 98.2 Å². The number of allylic oxidation sites excluding steroid dienone is 14. The fraction of sp³-hybridized carbons (Fsp3) is 0.817. The van der Waals surface area contributed by atoms with Crippen LogP contribution in [0.1, 0.15) is 296 Å². The van der Waals surface area contributed by atoms with Gasteiger partial charge < -0.3 is 89.9 Å². The molecule has 586 valence electrons. The van der Waals surface area contributed by atoms with Gasteiger partial charge in [-0.3, -0.25) is 4.79 Å². The van der Waals surface area contributed by atoms with Gasteiger partial charge in [-0.1, -0.05) is 311 Å². The van der Waals surface area contributed by atoms with Crippen molar-refractivity contribution in [3.8, 4) is 0 Å². The molecule has 0 saturated carbocycles. The molecule has 3 aliphatic rings. The number of carbonyl (C=O) groups is 1. The van der Waals surface area contributed by atoms with Gasteiger partial charge in [-0.25, -0.2) is 0 Å². The highest BCUT2D eigenvalue weighted by molar-refractivity contribution is 5.76. The molecule has 19 heteroatoms. The van der Waals surface area contributed by atoms with Gasteiger partial charge in [-0.15, -0.1) is 0 Å². The molecule has 12 N–H and O–H groups in total. The summed E-state index contributed by atoms with van der Waals surface area (Å²) in [7, 11) is 0. The number of unbranched alkanes of at least 4 members (excludes halogenated alkanes) is 33. The molecule has 0 aromatic heterocycles. The van der Waals surface area contributed by atoms with Crippen molar-refractivity contribution in [1.29, 1.82) is 0 Å². The zero-order valence-corrected chi connectivity index (χ0v) is 62.6. The first-order valence-electron chi connectivity index (χ1n) is 40.3. The van der Waals surface area contributed by atoms with Gasteiger partial charge in [0.25, 0.3) is 0 Å². The van der Waals surface area contributed by atoms with Gasteiger partial charge in [0.15, 0.2) is 18.9 Å². The van der Waals surface area contributed by atoms with E-state index < -0.39 is 124 Å². The number of carbonyl (C=O) groups excluding carboxylic acids is 1. The summed E-state index contributed by atoms with van der Waals surface area (Å²) in [6, 6.07) is -0.926. The molecule has 1 amide bonds. The zero-order chi connectivity index (χ0) is 73.2. The van der Waals surface area contributed by atoms with Crippen LogP contribution in [-0.4, -0.2) is 193 Å². The van der Waals surface area contributed by atoms with Crippen LogP contribution >= 0.6 is 0 Å². The van der Waals surface area contributed by atoms with Crippen molar-refractivity contribution in [1.82, 2.24) is 5.32 Å². The number of nitrogens with one attached hydrogen (secondary N) is 1. The smallest absolute Gasteiger partial charge is 0.220 e. The largest absolute Gasteiger partial charge is 0.394 e.